The Hall–Kier alpha value is 0. The van der Waals surface area contributed by atoms with Gasteiger partial charge in [0.2, 0.25) is 0 Å². The summed E-state index contributed by atoms with van der Waals surface area (Å²) in [6, 6.07) is 0. The molecule has 0 aliphatic heterocycles. The van der Waals surface area contributed by atoms with Crippen LogP contribution in [0.15, 0.2) is 0 Å². The Bertz CT molecular complexity index is 258. The average molecular weight is 381 g/mol. The maximum Gasteiger partial charge on any atom is -0.0386 e. The molecule has 0 aromatic rings. The van der Waals surface area contributed by atoms with E-state index < -0.39 is 0 Å². The van der Waals surface area contributed by atoms with Crippen LogP contribution in [0, 0.1) is 23.7 Å². The van der Waals surface area contributed by atoms with Crippen LogP contribution in [0.25, 0.3) is 0 Å². The van der Waals surface area contributed by atoms with Crippen molar-refractivity contribution in [2.75, 3.05) is 0 Å². The Morgan fingerprint density at radius 2 is 0.593 bits per heavy atom. The van der Waals surface area contributed by atoms with E-state index >= 15 is 0 Å². The highest BCUT2D eigenvalue weighted by molar-refractivity contribution is 4.77. The van der Waals surface area contributed by atoms with Crippen molar-refractivity contribution in [2.45, 2.75) is 151 Å². The molecule has 0 N–H and O–H groups in total. The van der Waals surface area contributed by atoms with Gasteiger partial charge in [-0.3, -0.25) is 0 Å². The third kappa shape index (κ3) is 13.8. The molecule has 3 aliphatic rings. The lowest BCUT2D eigenvalue weighted by molar-refractivity contribution is 0.250. The van der Waals surface area contributed by atoms with Gasteiger partial charge in [-0.2, -0.15) is 0 Å². The molecule has 3 fully saturated rings. The molecule has 164 valence electrons. The average Bonchev–Trinajstić information content (AvgIpc) is 3.20. The molecule has 0 amide bonds. The van der Waals surface area contributed by atoms with Gasteiger partial charge in [0.15, 0.2) is 0 Å². The Morgan fingerprint density at radius 3 is 1.00 bits per heavy atom. The molecule has 3 saturated carbocycles. The molecular weight excluding hydrogens is 324 g/mol. The number of hydrogen-bond acceptors (Lipinski definition) is 0. The second-order valence-electron chi connectivity index (χ2n) is 9.22. The lowest BCUT2D eigenvalue weighted by Crippen LogP contribution is -2.15. The van der Waals surface area contributed by atoms with Crippen LogP contribution >= 0.6 is 0 Å². The summed E-state index contributed by atoms with van der Waals surface area (Å²) in [4.78, 5) is 0. The van der Waals surface area contributed by atoms with Gasteiger partial charge in [0, 0.05) is 0 Å². The van der Waals surface area contributed by atoms with Gasteiger partial charge < -0.3 is 0 Å². The predicted molar refractivity (Wildman–Crippen MR) is 126 cm³/mol. The molecule has 0 atom stereocenters. The minimum Gasteiger partial charge on any atom is -0.0683 e. The van der Waals surface area contributed by atoms with Gasteiger partial charge >= 0.3 is 0 Å². The topological polar surface area (TPSA) is 0 Å². The Balaban J connectivity index is 0.000000451. The van der Waals surface area contributed by atoms with E-state index in [1.54, 1.807) is 25.7 Å². The molecule has 0 aromatic heterocycles. The van der Waals surface area contributed by atoms with Crippen molar-refractivity contribution in [2.24, 2.45) is 23.7 Å². The van der Waals surface area contributed by atoms with Crippen LogP contribution in [-0.4, -0.2) is 0 Å². The molecule has 3 rings (SSSR count). The van der Waals surface area contributed by atoms with Crippen LogP contribution in [0.2, 0.25) is 0 Å². The van der Waals surface area contributed by atoms with Gasteiger partial charge in [-0.05, 0) is 23.7 Å². The molecule has 0 saturated heterocycles. The first-order valence-corrected chi connectivity index (χ1v) is 13.3. The highest BCUT2D eigenvalue weighted by Crippen LogP contribution is 2.38. The molecule has 0 spiro atoms. The molecule has 3 aliphatic carbocycles. The van der Waals surface area contributed by atoms with Crippen molar-refractivity contribution in [1.82, 2.24) is 0 Å². The Labute approximate surface area is 174 Å². The van der Waals surface area contributed by atoms with E-state index in [2.05, 4.69) is 13.8 Å². The standard InChI is InChI=1S/C14H26.C9H18.2C2H6/c1-12-6-4-10-14(11-5-7-12)13-8-2-3-9-13;1-9-7-5-3-2-4-6-8-9;2*1-2/h12-14H,2-11H2,1H3;9H,2-8H2,1H3;2*1-2H3. The van der Waals surface area contributed by atoms with E-state index in [-0.39, 0.29) is 0 Å². The van der Waals surface area contributed by atoms with Crippen LogP contribution in [0.3, 0.4) is 0 Å². The van der Waals surface area contributed by atoms with E-state index in [0.717, 1.165) is 23.7 Å². The van der Waals surface area contributed by atoms with Crippen LogP contribution < -0.4 is 0 Å². The first kappa shape index (κ1) is 27.0. The molecule has 0 unspecified atom stereocenters. The molecule has 0 bridgehead atoms. The maximum absolute atomic E-state index is 2.44. The van der Waals surface area contributed by atoms with Crippen molar-refractivity contribution in [3.8, 4) is 0 Å². The highest BCUT2D eigenvalue weighted by Gasteiger charge is 2.25. The summed E-state index contributed by atoms with van der Waals surface area (Å²) in [5, 5.41) is 0. The zero-order valence-electron chi connectivity index (χ0n) is 20.3. The van der Waals surface area contributed by atoms with Crippen molar-refractivity contribution in [3.63, 3.8) is 0 Å². The highest BCUT2D eigenvalue weighted by atomic mass is 14.3. The van der Waals surface area contributed by atoms with Crippen LogP contribution in [0.5, 0.6) is 0 Å². The normalized spacial score (nSPS) is 27.8. The molecule has 0 heterocycles. The molecule has 0 nitrogen and oxygen atoms in total. The summed E-state index contributed by atoms with van der Waals surface area (Å²) in [5.41, 5.74) is 0. The minimum absolute atomic E-state index is 1.01. The number of rotatable bonds is 1. The summed E-state index contributed by atoms with van der Waals surface area (Å²) in [6.07, 6.45) is 25.7. The summed E-state index contributed by atoms with van der Waals surface area (Å²) in [5.74, 6) is 4.28. The van der Waals surface area contributed by atoms with Crippen molar-refractivity contribution in [1.29, 1.82) is 0 Å². The third-order valence-corrected chi connectivity index (χ3v) is 7.00. The molecule has 0 heteroatoms. The largest absolute Gasteiger partial charge is 0.0683 e. The first-order valence-electron chi connectivity index (χ1n) is 13.3. The zero-order valence-corrected chi connectivity index (χ0v) is 20.3. The first-order chi connectivity index (χ1) is 13.3. The van der Waals surface area contributed by atoms with Gasteiger partial charge in [0.05, 0.1) is 0 Å². The maximum atomic E-state index is 2.44. The van der Waals surface area contributed by atoms with Gasteiger partial charge in [-0.25, -0.2) is 0 Å². The molecule has 0 radical (unpaired) electrons. The second kappa shape index (κ2) is 19.3. The fourth-order valence-electron chi connectivity index (χ4n) is 5.31. The minimum atomic E-state index is 1.01. The van der Waals surface area contributed by atoms with Gasteiger partial charge in [0.25, 0.3) is 0 Å². The predicted octanol–water partition coefficient (Wildman–Crippen LogP) is 10.2. The second-order valence-corrected chi connectivity index (χ2v) is 9.22. The zero-order chi connectivity index (χ0) is 20.3. The van der Waals surface area contributed by atoms with E-state index in [4.69, 9.17) is 0 Å². The molecule has 27 heavy (non-hydrogen) atoms. The third-order valence-electron chi connectivity index (χ3n) is 7.00. The molecule has 0 aromatic carbocycles. The van der Waals surface area contributed by atoms with Gasteiger partial charge in [0.1, 0.15) is 0 Å². The monoisotopic (exact) mass is 380 g/mol. The van der Waals surface area contributed by atoms with Gasteiger partial charge in [-0.15, -0.1) is 0 Å². The summed E-state index contributed by atoms with van der Waals surface area (Å²) < 4.78 is 0. The SMILES string of the molecule is CC.CC.CC1CCCC(C2CCCC2)CCC1.CC1CCCCCCC1. The Kier molecular flexibility index (Phi) is 19.3. The Morgan fingerprint density at radius 1 is 0.333 bits per heavy atom. The fraction of sp³-hybridized carbons (Fsp3) is 1.00. The van der Waals surface area contributed by atoms with Gasteiger partial charge in [-0.1, -0.05) is 151 Å². The van der Waals surface area contributed by atoms with Crippen LogP contribution in [0.4, 0.5) is 0 Å². The van der Waals surface area contributed by atoms with Crippen molar-refractivity contribution < 1.29 is 0 Å². The van der Waals surface area contributed by atoms with E-state index in [0.29, 0.717) is 0 Å². The van der Waals surface area contributed by atoms with Crippen LogP contribution in [-0.2, 0) is 0 Å². The van der Waals surface area contributed by atoms with Crippen molar-refractivity contribution >= 4 is 0 Å². The van der Waals surface area contributed by atoms with Crippen molar-refractivity contribution in [3.05, 3.63) is 0 Å². The smallest absolute Gasteiger partial charge is 0.0386 e. The van der Waals surface area contributed by atoms with E-state index in [9.17, 15) is 0 Å². The fourth-order valence-corrected chi connectivity index (χ4v) is 5.31. The van der Waals surface area contributed by atoms with E-state index in [1.807, 2.05) is 27.7 Å². The lowest BCUT2D eigenvalue weighted by atomic mass is 9.79. The number of hydrogen-bond donors (Lipinski definition) is 0. The van der Waals surface area contributed by atoms with E-state index in [1.165, 1.54) is 83.5 Å². The summed E-state index contributed by atoms with van der Waals surface area (Å²) in [7, 11) is 0. The summed E-state index contributed by atoms with van der Waals surface area (Å²) >= 11 is 0. The summed E-state index contributed by atoms with van der Waals surface area (Å²) in [6.45, 7) is 12.8. The lowest BCUT2D eigenvalue weighted by Gasteiger charge is -2.27. The van der Waals surface area contributed by atoms with Crippen LogP contribution in [0.1, 0.15) is 151 Å². The molecular formula is C27H56. The quantitative estimate of drug-likeness (QED) is 0.424.